The molecule has 0 aromatic carbocycles. The molecule has 23 heavy (non-hydrogen) atoms. The van der Waals surface area contributed by atoms with E-state index in [4.69, 9.17) is 0 Å². The fourth-order valence-electron chi connectivity index (χ4n) is 3.86. The average Bonchev–Trinajstić information content (AvgIpc) is 3.42. The van der Waals surface area contributed by atoms with Crippen molar-refractivity contribution in [2.45, 2.75) is 45.1 Å². The molecule has 4 rings (SSSR count). The van der Waals surface area contributed by atoms with Crippen LogP contribution in [0.1, 0.15) is 45.1 Å². The molecule has 0 unspecified atom stereocenters. The Hall–Kier alpha value is -1.85. The summed E-state index contributed by atoms with van der Waals surface area (Å²) in [5.74, 6) is 2.45. The van der Waals surface area contributed by atoms with E-state index in [1.54, 1.807) is 0 Å². The largest absolute Gasteiger partial charge is 0.340 e. The van der Waals surface area contributed by atoms with E-state index in [0.717, 1.165) is 19.5 Å². The molecule has 1 aromatic heterocycles. The van der Waals surface area contributed by atoms with Crippen molar-refractivity contribution in [2.24, 2.45) is 17.8 Å². The van der Waals surface area contributed by atoms with Gasteiger partial charge in [-0.1, -0.05) is 0 Å². The second kappa shape index (κ2) is 5.65. The van der Waals surface area contributed by atoms with Gasteiger partial charge in [0, 0.05) is 38.2 Å². The molecule has 1 N–H and O–H groups in total. The number of carbonyl (C=O) groups excluding carboxylic acids is 2. The number of hydrogen-bond acceptors (Lipinski definition) is 3. The first-order valence-corrected chi connectivity index (χ1v) is 8.73. The van der Waals surface area contributed by atoms with Crippen molar-refractivity contribution in [2.75, 3.05) is 18.4 Å². The maximum Gasteiger partial charge on any atom is 0.226 e. The number of nitrogens with one attached hydrogen (secondary N) is 1. The molecule has 1 aromatic rings. The highest BCUT2D eigenvalue weighted by molar-refractivity contribution is 5.87. The first-order valence-electron chi connectivity index (χ1n) is 8.73. The number of amides is 2. The molecular formula is C17H24N4O2. The van der Waals surface area contributed by atoms with Crippen molar-refractivity contribution in [1.29, 1.82) is 0 Å². The van der Waals surface area contributed by atoms with Crippen molar-refractivity contribution in [3.63, 3.8) is 0 Å². The third-order valence-corrected chi connectivity index (χ3v) is 5.31. The fourth-order valence-corrected chi connectivity index (χ4v) is 3.86. The Kier molecular flexibility index (Phi) is 3.62. The van der Waals surface area contributed by atoms with Gasteiger partial charge in [0.15, 0.2) is 5.82 Å². The van der Waals surface area contributed by atoms with E-state index in [9.17, 15) is 9.59 Å². The average molecular weight is 316 g/mol. The lowest BCUT2D eigenvalue weighted by atomic mass is 9.96. The van der Waals surface area contributed by atoms with Crippen LogP contribution in [0.15, 0.2) is 12.3 Å². The maximum atomic E-state index is 12.9. The number of rotatable bonds is 5. The predicted octanol–water partition coefficient (Wildman–Crippen LogP) is 2.05. The first kappa shape index (κ1) is 14.7. The topological polar surface area (TPSA) is 67.2 Å². The smallest absolute Gasteiger partial charge is 0.226 e. The highest BCUT2D eigenvalue weighted by Crippen LogP contribution is 2.50. The lowest BCUT2D eigenvalue weighted by molar-refractivity contribution is -0.136. The molecule has 6 nitrogen and oxygen atoms in total. The lowest BCUT2D eigenvalue weighted by Gasteiger charge is -2.23. The number of hydrogen-bond donors (Lipinski definition) is 1. The van der Waals surface area contributed by atoms with E-state index in [1.165, 1.54) is 32.6 Å². The second-order valence-electron chi connectivity index (χ2n) is 7.29. The van der Waals surface area contributed by atoms with Crippen molar-refractivity contribution < 1.29 is 9.59 Å². The molecule has 3 fully saturated rings. The summed E-state index contributed by atoms with van der Waals surface area (Å²) in [5, 5.41) is 7.11. The molecular weight excluding hydrogens is 292 g/mol. The minimum Gasteiger partial charge on any atom is -0.340 e. The first-order chi connectivity index (χ1) is 11.1. The standard InChI is InChI=1S/C17H24N4O2/c1-11(22)18-15-7-9-21(19-15)14-6-8-20(10-14)17(23)16(12-2-3-12)13-4-5-13/h7,9,12-14,16H,2-6,8,10H2,1H3,(H,18,19,22)/t14-/m0/s1. The fraction of sp³-hybridized carbons (Fsp3) is 0.706. The minimum absolute atomic E-state index is 0.116. The van der Waals surface area contributed by atoms with Crippen molar-refractivity contribution in [1.82, 2.24) is 14.7 Å². The predicted molar refractivity (Wildman–Crippen MR) is 85.7 cm³/mol. The summed E-state index contributed by atoms with van der Waals surface area (Å²) in [7, 11) is 0. The molecule has 1 atom stereocenters. The number of anilines is 1. The van der Waals surface area contributed by atoms with Gasteiger partial charge in [-0.15, -0.1) is 0 Å². The van der Waals surface area contributed by atoms with Crippen LogP contribution in [0.25, 0.3) is 0 Å². The summed E-state index contributed by atoms with van der Waals surface area (Å²) in [6.07, 6.45) is 7.79. The van der Waals surface area contributed by atoms with E-state index in [-0.39, 0.29) is 11.9 Å². The highest BCUT2D eigenvalue weighted by atomic mass is 16.2. The van der Waals surface area contributed by atoms with Crippen molar-refractivity contribution in [3.05, 3.63) is 12.3 Å². The van der Waals surface area contributed by atoms with Gasteiger partial charge >= 0.3 is 0 Å². The van der Waals surface area contributed by atoms with Crippen LogP contribution in [0.5, 0.6) is 0 Å². The molecule has 0 bridgehead atoms. The Labute approximate surface area is 136 Å². The summed E-state index contributed by atoms with van der Waals surface area (Å²) in [5.41, 5.74) is 0. The molecule has 0 spiro atoms. The molecule has 3 aliphatic rings. The summed E-state index contributed by atoms with van der Waals surface area (Å²) < 4.78 is 1.89. The van der Waals surface area contributed by atoms with Crippen LogP contribution in [-0.2, 0) is 9.59 Å². The SMILES string of the molecule is CC(=O)Nc1ccn([C@H]2CCN(C(=O)C(C3CC3)C3CC3)C2)n1. The van der Waals surface area contributed by atoms with Crippen molar-refractivity contribution >= 4 is 17.6 Å². The third-order valence-electron chi connectivity index (χ3n) is 5.31. The zero-order valence-corrected chi connectivity index (χ0v) is 13.6. The Morgan fingerprint density at radius 3 is 2.52 bits per heavy atom. The van der Waals surface area contributed by atoms with E-state index >= 15 is 0 Å². The Balaban J connectivity index is 1.39. The lowest BCUT2D eigenvalue weighted by Crippen LogP contribution is -2.36. The third kappa shape index (κ3) is 3.12. The van der Waals surface area contributed by atoms with Gasteiger partial charge in [-0.2, -0.15) is 5.10 Å². The van der Waals surface area contributed by atoms with Crippen LogP contribution in [0.3, 0.4) is 0 Å². The number of carbonyl (C=O) groups is 2. The van der Waals surface area contributed by atoms with Gasteiger partial charge in [-0.05, 0) is 43.9 Å². The van der Waals surface area contributed by atoms with E-state index in [0.29, 0.717) is 29.5 Å². The normalized spacial score (nSPS) is 24.3. The monoisotopic (exact) mass is 316 g/mol. The van der Waals surface area contributed by atoms with Crippen LogP contribution in [0.4, 0.5) is 5.82 Å². The molecule has 2 heterocycles. The summed E-state index contributed by atoms with van der Waals surface area (Å²) in [6, 6.07) is 2.03. The molecule has 2 aliphatic carbocycles. The molecule has 6 heteroatoms. The molecule has 124 valence electrons. The van der Waals surface area contributed by atoms with E-state index in [2.05, 4.69) is 10.4 Å². The zero-order valence-electron chi connectivity index (χ0n) is 13.6. The number of aromatic nitrogens is 2. The number of likely N-dealkylation sites (tertiary alicyclic amines) is 1. The van der Waals surface area contributed by atoms with Crippen LogP contribution in [0, 0.1) is 17.8 Å². The number of nitrogens with zero attached hydrogens (tertiary/aromatic N) is 3. The Morgan fingerprint density at radius 2 is 1.91 bits per heavy atom. The van der Waals surface area contributed by atoms with Crippen LogP contribution >= 0.6 is 0 Å². The van der Waals surface area contributed by atoms with Gasteiger partial charge < -0.3 is 10.2 Å². The van der Waals surface area contributed by atoms with E-state index in [1.807, 2.05) is 21.8 Å². The maximum absolute atomic E-state index is 12.9. The zero-order chi connectivity index (χ0) is 16.0. The van der Waals surface area contributed by atoms with E-state index < -0.39 is 0 Å². The molecule has 1 aliphatic heterocycles. The second-order valence-corrected chi connectivity index (χ2v) is 7.29. The van der Waals surface area contributed by atoms with Crippen LogP contribution in [0.2, 0.25) is 0 Å². The van der Waals surface area contributed by atoms with Gasteiger partial charge in [-0.3, -0.25) is 14.3 Å². The van der Waals surface area contributed by atoms with Gasteiger partial charge in [0.05, 0.1) is 6.04 Å². The minimum atomic E-state index is -0.116. The van der Waals surface area contributed by atoms with Gasteiger partial charge in [0.2, 0.25) is 11.8 Å². The quantitative estimate of drug-likeness (QED) is 0.904. The molecule has 2 amide bonds. The van der Waals surface area contributed by atoms with Gasteiger partial charge in [-0.25, -0.2) is 0 Å². The molecule has 0 radical (unpaired) electrons. The Bertz CT molecular complexity index is 606. The van der Waals surface area contributed by atoms with Crippen LogP contribution in [-0.4, -0.2) is 39.6 Å². The van der Waals surface area contributed by atoms with Gasteiger partial charge in [0.25, 0.3) is 0 Å². The summed E-state index contributed by atoms with van der Waals surface area (Å²) in [4.78, 5) is 26.0. The van der Waals surface area contributed by atoms with Crippen molar-refractivity contribution in [3.8, 4) is 0 Å². The summed E-state index contributed by atoms with van der Waals surface area (Å²) in [6.45, 7) is 3.05. The molecule has 2 saturated carbocycles. The Morgan fingerprint density at radius 1 is 1.22 bits per heavy atom. The van der Waals surface area contributed by atoms with Crippen LogP contribution < -0.4 is 5.32 Å². The highest BCUT2D eigenvalue weighted by Gasteiger charge is 2.47. The molecule has 1 saturated heterocycles. The van der Waals surface area contributed by atoms with Gasteiger partial charge in [0.1, 0.15) is 0 Å². The summed E-state index contributed by atoms with van der Waals surface area (Å²) >= 11 is 0.